The van der Waals surface area contributed by atoms with Crippen LogP contribution in [0.25, 0.3) is 0 Å². The van der Waals surface area contributed by atoms with Gasteiger partial charge < -0.3 is 9.84 Å². The van der Waals surface area contributed by atoms with Crippen LogP contribution in [0.2, 0.25) is 0 Å². The zero-order valence-electron chi connectivity index (χ0n) is 19.2. The van der Waals surface area contributed by atoms with Crippen LogP contribution in [0.3, 0.4) is 0 Å². The Bertz CT molecular complexity index is 947. The van der Waals surface area contributed by atoms with Gasteiger partial charge >= 0.3 is 0 Å². The first-order chi connectivity index (χ1) is 15.3. The van der Waals surface area contributed by atoms with Gasteiger partial charge in [-0.25, -0.2) is 0 Å². The molecule has 1 N–H and O–H groups in total. The van der Waals surface area contributed by atoms with Gasteiger partial charge in [0.2, 0.25) is 5.90 Å². The number of aliphatic hydroxyl groups is 1. The molecule has 1 aliphatic heterocycles. The molecule has 0 spiro atoms. The zero-order valence-corrected chi connectivity index (χ0v) is 19.2. The lowest BCUT2D eigenvalue weighted by molar-refractivity contribution is -0.139. The van der Waals surface area contributed by atoms with E-state index < -0.39 is 17.1 Å². The van der Waals surface area contributed by atoms with E-state index in [0.29, 0.717) is 12.3 Å². The monoisotopic (exact) mass is 435 g/mol. The van der Waals surface area contributed by atoms with E-state index in [1.165, 1.54) is 13.8 Å². The second-order valence-corrected chi connectivity index (χ2v) is 9.04. The number of carbonyl (C=O) groups is 2. The number of carbonyl (C=O) groups excluding carboxylic acids is 2. The number of unbranched alkanes of at least 4 members (excludes halogenated alkanes) is 3. The van der Waals surface area contributed by atoms with Gasteiger partial charge in [-0.1, -0.05) is 74.7 Å². The van der Waals surface area contributed by atoms with Crippen molar-refractivity contribution >= 4 is 17.6 Å². The normalized spacial score (nSPS) is 19.4. The molecule has 2 atom stereocenters. The molecule has 0 fully saturated rings. The quantitative estimate of drug-likeness (QED) is 0.492. The number of Topliss-reactive ketones (excluding diaryl/α,β-unsaturated/α-hetero) is 1. The van der Waals surface area contributed by atoms with E-state index in [9.17, 15) is 14.7 Å². The smallest absolute Gasteiger partial charge is 0.293 e. The average Bonchev–Trinajstić information content (AvgIpc) is 3.12. The summed E-state index contributed by atoms with van der Waals surface area (Å²) >= 11 is 0. The predicted octanol–water partition coefficient (Wildman–Crippen LogP) is 5.21. The summed E-state index contributed by atoms with van der Waals surface area (Å²) in [5, 5.41) is 10.3. The van der Waals surface area contributed by atoms with Crippen LogP contribution in [0.5, 0.6) is 0 Å². The first kappa shape index (κ1) is 23.9. The van der Waals surface area contributed by atoms with E-state index in [1.54, 1.807) is 0 Å². The maximum Gasteiger partial charge on any atom is 0.293 e. The van der Waals surface area contributed by atoms with Crippen LogP contribution in [0, 0.1) is 0 Å². The number of amides is 1. The van der Waals surface area contributed by atoms with E-state index in [2.05, 4.69) is 11.9 Å². The van der Waals surface area contributed by atoms with Crippen LogP contribution in [0.1, 0.15) is 76.3 Å². The molecule has 3 rings (SSSR count). The fourth-order valence-corrected chi connectivity index (χ4v) is 4.17. The number of ether oxygens (including phenoxy) is 1. The van der Waals surface area contributed by atoms with Crippen molar-refractivity contribution in [3.05, 3.63) is 71.8 Å². The van der Waals surface area contributed by atoms with Crippen molar-refractivity contribution in [3.8, 4) is 0 Å². The molecule has 1 heterocycles. The van der Waals surface area contributed by atoms with Crippen molar-refractivity contribution in [1.29, 1.82) is 0 Å². The van der Waals surface area contributed by atoms with Crippen molar-refractivity contribution in [1.82, 2.24) is 0 Å². The number of ketones is 1. The number of rotatable bonds is 11. The SMILES string of the molecule is CCCCCC[C@@]1([C@H](CC(=O)C(C)(C)O)c2ccccc2)OC(c2ccccc2)=NC1=O. The van der Waals surface area contributed by atoms with Crippen molar-refractivity contribution in [2.45, 2.75) is 76.4 Å². The summed E-state index contributed by atoms with van der Waals surface area (Å²) in [7, 11) is 0. The van der Waals surface area contributed by atoms with Gasteiger partial charge in [-0.3, -0.25) is 9.59 Å². The van der Waals surface area contributed by atoms with Crippen LogP contribution in [0.15, 0.2) is 65.7 Å². The molecule has 0 unspecified atom stereocenters. The first-order valence-electron chi connectivity index (χ1n) is 11.5. The Labute approximate surface area is 190 Å². The van der Waals surface area contributed by atoms with Gasteiger partial charge in [0.15, 0.2) is 11.4 Å². The molecule has 5 nitrogen and oxygen atoms in total. The Kier molecular flexibility index (Phi) is 7.62. The molecule has 0 bridgehead atoms. The fraction of sp³-hybridized carbons (Fsp3) is 0.444. The standard InChI is InChI=1S/C27H33NO4/c1-4-5-6-13-18-27(25(30)28-24(32-27)21-16-11-8-12-17-21)22(19-23(29)26(2,3)31)20-14-9-7-10-15-20/h7-12,14-17,22,31H,4-6,13,18-19H2,1-3H3/t22-,27+/m1/s1. The van der Waals surface area contributed by atoms with Gasteiger partial charge in [0.05, 0.1) is 0 Å². The van der Waals surface area contributed by atoms with Crippen molar-refractivity contribution in [2.75, 3.05) is 0 Å². The number of aliphatic imine (C=N–C) groups is 1. The third-order valence-corrected chi connectivity index (χ3v) is 6.10. The highest BCUT2D eigenvalue weighted by Crippen LogP contribution is 2.44. The first-order valence-corrected chi connectivity index (χ1v) is 11.5. The molecule has 0 aromatic heterocycles. The Balaban J connectivity index is 2.03. The highest BCUT2D eigenvalue weighted by Gasteiger charge is 2.53. The number of hydrogen-bond donors (Lipinski definition) is 1. The van der Waals surface area contributed by atoms with Crippen molar-refractivity contribution in [2.24, 2.45) is 4.99 Å². The van der Waals surface area contributed by atoms with E-state index in [1.807, 2.05) is 60.7 Å². The van der Waals surface area contributed by atoms with Gasteiger partial charge in [-0.05, 0) is 44.4 Å². The van der Waals surface area contributed by atoms with E-state index in [0.717, 1.165) is 36.8 Å². The van der Waals surface area contributed by atoms with Gasteiger partial charge in [-0.15, -0.1) is 0 Å². The van der Waals surface area contributed by atoms with Crippen molar-refractivity contribution < 1.29 is 19.4 Å². The summed E-state index contributed by atoms with van der Waals surface area (Å²) in [6.45, 7) is 5.10. The highest BCUT2D eigenvalue weighted by molar-refractivity contribution is 6.10. The average molecular weight is 436 g/mol. The minimum Gasteiger partial charge on any atom is -0.460 e. The van der Waals surface area contributed by atoms with Gasteiger partial charge in [0.25, 0.3) is 5.91 Å². The summed E-state index contributed by atoms with van der Waals surface area (Å²) in [5.74, 6) is -0.946. The molecule has 0 aliphatic carbocycles. The molecule has 1 amide bonds. The Morgan fingerprint density at radius 1 is 1.03 bits per heavy atom. The third-order valence-electron chi connectivity index (χ3n) is 6.10. The third kappa shape index (κ3) is 5.33. The topological polar surface area (TPSA) is 76.0 Å². The second kappa shape index (κ2) is 10.2. The van der Waals surface area contributed by atoms with Gasteiger partial charge in [0.1, 0.15) is 5.60 Å². The molecule has 32 heavy (non-hydrogen) atoms. The molecule has 0 radical (unpaired) electrons. The molecule has 2 aromatic rings. The van der Waals surface area contributed by atoms with Gasteiger partial charge in [0, 0.05) is 17.9 Å². The van der Waals surface area contributed by atoms with E-state index in [4.69, 9.17) is 4.74 Å². The minimum atomic E-state index is -1.50. The number of hydrogen-bond acceptors (Lipinski definition) is 4. The maximum absolute atomic E-state index is 13.5. The number of nitrogens with zero attached hydrogens (tertiary/aromatic N) is 1. The van der Waals surface area contributed by atoms with Crippen LogP contribution >= 0.6 is 0 Å². The molecular weight excluding hydrogens is 402 g/mol. The predicted molar refractivity (Wildman–Crippen MR) is 126 cm³/mol. The molecule has 5 heteroatoms. The fourth-order valence-electron chi connectivity index (χ4n) is 4.17. The Morgan fingerprint density at radius 3 is 2.25 bits per heavy atom. The van der Waals surface area contributed by atoms with E-state index >= 15 is 0 Å². The highest BCUT2D eigenvalue weighted by atomic mass is 16.5. The summed E-state index contributed by atoms with van der Waals surface area (Å²) < 4.78 is 6.42. The van der Waals surface area contributed by atoms with Crippen LogP contribution in [-0.2, 0) is 14.3 Å². The lowest BCUT2D eigenvalue weighted by Crippen LogP contribution is -2.46. The maximum atomic E-state index is 13.5. The lowest BCUT2D eigenvalue weighted by atomic mass is 9.74. The molecule has 0 saturated heterocycles. The number of benzene rings is 2. The Morgan fingerprint density at radius 2 is 1.66 bits per heavy atom. The van der Waals surface area contributed by atoms with Crippen LogP contribution in [0.4, 0.5) is 0 Å². The van der Waals surface area contributed by atoms with Gasteiger partial charge in [-0.2, -0.15) is 4.99 Å². The molecule has 2 aromatic carbocycles. The molecular formula is C27H33NO4. The largest absolute Gasteiger partial charge is 0.460 e. The molecule has 1 aliphatic rings. The summed E-state index contributed by atoms with van der Waals surface area (Å²) in [4.78, 5) is 30.7. The molecule has 170 valence electrons. The second-order valence-electron chi connectivity index (χ2n) is 9.04. The minimum absolute atomic E-state index is 0.00930. The molecule has 0 saturated carbocycles. The van der Waals surface area contributed by atoms with Crippen LogP contribution in [-0.4, -0.2) is 33.9 Å². The van der Waals surface area contributed by atoms with Crippen molar-refractivity contribution in [3.63, 3.8) is 0 Å². The summed E-state index contributed by atoms with van der Waals surface area (Å²) in [6, 6.07) is 18.9. The lowest BCUT2D eigenvalue weighted by Gasteiger charge is -2.36. The zero-order chi connectivity index (χ0) is 23.2. The Hall–Kier alpha value is -2.79. The summed E-state index contributed by atoms with van der Waals surface area (Å²) in [6.07, 6.45) is 4.35. The van der Waals surface area contributed by atoms with Crippen LogP contribution < -0.4 is 0 Å². The summed E-state index contributed by atoms with van der Waals surface area (Å²) in [5.41, 5.74) is -1.21. The van der Waals surface area contributed by atoms with E-state index in [-0.39, 0.29) is 18.1 Å².